The molecule has 0 bridgehead atoms. The average Bonchev–Trinajstić information content (AvgIpc) is 2.95. The van der Waals surface area contributed by atoms with Gasteiger partial charge in [0.1, 0.15) is 17.9 Å². The molecule has 4 aromatic rings. The number of hydrogen-bond donors (Lipinski definition) is 1. The van der Waals surface area contributed by atoms with E-state index in [4.69, 9.17) is 9.57 Å². The molecule has 0 aliphatic rings. The van der Waals surface area contributed by atoms with Gasteiger partial charge in [-0.2, -0.15) is 0 Å². The summed E-state index contributed by atoms with van der Waals surface area (Å²) in [5, 5.41) is 19.5. The van der Waals surface area contributed by atoms with Gasteiger partial charge in [-0.3, -0.25) is 9.59 Å². The maximum absolute atomic E-state index is 13.1. The van der Waals surface area contributed by atoms with E-state index in [1.54, 1.807) is 36.4 Å². The van der Waals surface area contributed by atoms with Crippen molar-refractivity contribution in [1.82, 2.24) is 4.73 Å². The fraction of sp³-hybridized carbons (Fsp3) is 0.207. The Morgan fingerprint density at radius 1 is 1.00 bits per heavy atom. The van der Waals surface area contributed by atoms with Crippen molar-refractivity contribution in [3.05, 3.63) is 106 Å². The van der Waals surface area contributed by atoms with E-state index in [-0.39, 0.29) is 23.4 Å². The zero-order valence-electron chi connectivity index (χ0n) is 21.4. The number of ether oxygens (including phenoxy) is 1. The van der Waals surface area contributed by atoms with Crippen LogP contribution in [0.15, 0.2) is 90.2 Å². The second kappa shape index (κ2) is 13.0. The minimum absolute atomic E-state index is 0.0350. The third kappa shape index (κ3) is 7.07. The summed E-state index contributed by atoms with van der Waals surface area (Å²) in [6.07, 6.45) is 1.74. The number of carbonyl (C=O) groups is 2. The van der Waals surface area contributed by atoms with E-state index < -0.39 is 23.8 Å². The first-order chi connectivity index (χ1) is 19.0. The predicted molar refractivity (Wildman–Crippen MR) is 147 cm³/mol. The van der Waals surface area contributed by atoms with Crippen LogP contribution in [-0.2, 0) is 16.1 Å². The first-order valence-electron chi connectivity index (χ1n) is 12.5. The number of oxime groups is 1. The molecule has 0 atom stereocenters. The normalized spacial score (nSPS) is 11.3. The van der Waals surface area contributed by atoms with Gasteiger partial charge >= 0.3 is 0 Å². The highest BCUT2D eigenvalue weighted by molar-refractivity contribution is 6.46. The Bertz CT molecular complexity index is 1530. The van der Waals surface area contributed by atoms with Crippen molar-refractivity contribution < 1.29 is 23.6 Å². The Kier molecular flexibility index (Phi) is 9.02. The summed E-state index contributed by atoms with van der Waals surface area (Å²) in [7, 11) is 0. The smallest absolute Gasteiger partial charge is 0.286 e. The van der Waals surface area contributed by atoms with Crippen molar-refractivity contribution in [1.29, 1.82) is 0 Å². The Labute approximate surface area is 224 Å². The summed E-state index contributed by atoms with van der Waals surface area (Å²) in [6, 6.07) is 22.7. The van der Waals surface area contributed by atoms with E-state index in [2.05, 4.69) is 10.5 Å². The number of aromatic nitrogens is 2. The molecule has 0 fully saturated rings. The Balaban J connectivity index is 1.51. The highest BCUT2D eigenvalue weighted by Crippen LogP contribution is 2.17. The van der Waals surface area contributed by atoms with Crippen LogP contribution in [0.4, 0.5) is 5.69 Å². The van der Waals surface area contributed by atoms with E-state index >= 15 is 0 Å². The monoisotopic (exact) mass is 528 g/mol. The molecule has 0 aliphatic carbocycles. The van der Waals surface area contributed by atoms with Crippen LogP contribution in [0.2, 0.25) is 0 Å². The minimum atomic E-state index is -0.756. The lowest BCUT2D eigenvalue weighted by Crippen LogP contribution is -2.28. The third-order valence-corrected chi connectivity index (χ3v) is 5.81. The van der Waals surface area contributed by atoms with Crippen LogP contribution in [0, 0.1) is 10.1 Å². The number of rotatable bonds is 12. The summed E-state index contributed by atoms with van der Waals surface area (Å²) >= 11 is 0. The number of ketones is 1. The number of amides is 1. The first-order valence-corrected chi connectivity index (χ1v) is 12.5. The highest BCUT2D eigenvalue weighted by Gasteiger charge is 2.23. The fourth-order valence-corrected chi connectivity index (χ4v) is 3.88. The summed E-state index contributed by atoms with van der Waals surface area (Å²) in [4.78, 5) is 44.0. The van der Waals surface area contributed by atoms with Crippen molar-refractivity contribution in [3.63, 3.8) is 0 Å². The fourth-order valence-electron chi connectivity index (χ4n) is 3.88. The van der Waals surface area contributed by atoms with Crippen LogP contribution < -0.4 is 14.5 Å². The number of anilines is 1. The third-order valence-electron chi connectivity index (χ3n) is 5.81. The maximum atomic E-state index is 13.1. The number of para-hydroxylation sites is 2. The average molecular weight is 529 g/mol. The molecule has 1 amide bonds. The number of carbonyl (C=O) groups excluding carboxylic acids is 2. The molecule has 0 aliphatic heterocycles. The lowest BCUT2D eigenvalue weighted by atomic mass is 10.1. The molecule has 39 heavy (non-hydrogen) atoms. The van der Waals surface area contributed by atoms with Crippen LogP contribution in [0.1, 0.15) is 35.8 Å². The maximum Gasteiger partial charge on any atom is 0.286 e. The van der Waals surface area contributed by atoms with Crippen molar-refractivity contribution in [2.24, 2.45) is 5.16 Å². The number of nitrogens with one attached hydrogen (secondary N) is 1. The minimum Gasteiger partial charge on any atom is -0.805 e. The van der Waals surface area contributed by atoms with Crippen LogP contribution in [0.25, 0.3) is 11.0 Å². The van der Waals surface area contributed by atoms with Gasteiger partial charge in [-0.25, -0.2) is 0 Å². The lowest BCUT2D eigenvalue weighted by Gasteiger charge is -2.16. The van der Waals surface area contributed by atoms with E-state index in [0.717, 1.165) is 18.2 Å². The molecule has 0 spiro atoms. The summed E-state index contributed by atoms with van der Waals surface area (Å²) < 4.78 is 6.25. The van der Waals surface area contributed by atoms with Crippen LogP contribution in [0.5, 0.6) is 5.75 Å². The summed E-state index contributed by atoms with van der Waals surface area (Å²) in [5.41, 5.74) is 1.10. The Hall–Kier alpha value is -4.99. The van der Waals surface area contributed by atoms with Gasteiger partial charge in [0, 0.05) is 16.7 Å². The van der Waals surface area contributed by atoms with E-state index in [0.29, 0.717) is 33.6 Å². The van der Waals surface area contributed by atoms with Crippen LogP contribution in [-0.4, -0.2) is 35.3 Å². The summed E-state index contributed by atoms with van der Waals surface area (Å²) in [6.45, 7) is 2.58. The number of fused-ring (bicyclic) bond motifs is 1. The number of nitrogens with zero attached hydrogens (tertiary/aromatic N) is 3. The largest absolute Gasteiger partial charge is 0.805 e. The molecule has 200 valence electrons. The number of benzene rings is 3. The molecule has 10 heteroatoms. The van der Waals surface area contributed by atoms with Crippen molar-refractivity contribution >= 4 is 34.1 Å². The first kappa shape index (κ1) is 27.1. The molecule has 0 saturated heterocycles. The molecule has 0 unspecified atom stereocenters. The quantitative estimate of drug-likeness (QED) is 0.0947. The number of aryl methyl sites for hydroxylation is 1. The Morgan fingerprint density at radius 3 is 2.46 bits per heavy atom. The van der Waals surface area contributed by atoms with E-state index in [9.17, 15) is 19.7 Å². The molecule has 4 rings (SSSR count). The van der Waals surface area contributed by atoms with Gasteiger partial charge < -0.3 is 24.8 Å². The molecule has 0 radical (unpaired) electrons. The summed E-state index contributed by atoms with van der Waals surface area (Å²) in [5.74, 6) is -0.791. The number of Topliss-reactive ketones (excluding diaryl/α,β-unsaturated/α-hetero) is 1. The van der Waals surface area contributed by atoms with E-state index in [1.165, 1.54) is 12.1 Å². The van der Waals surface area contributed by atoms with Crippen LogP contribution in [0.3, 0.4) is 0 Å². The van der Waals surface area contributed by atoms with Gasteiger partial charge in [0.2, 0.25) is 0 Å². The molecule has 0 saturated carbocycles. The molecule has 1 aromatic heterocycles. The molecular weight excluding hydrogens is 500 g/mol. The number of hydrogen-bond acceptors (Lipinski definition) is 7. The van der Waals surface area contributed by atoms with Gasteiger partial charge in [0.15, 0.2) is 17.2 Å². The zero-order chi connectivity index (χ0) is 27.6. The molecular formula is C29H28N4O6. The predicted octanol–water partition coefficient (Wildman–Crippen LogP) is 4.52. The van der Waals surface area contributed by atoms with Gasteiger partial charge in [0.05, 0.1) is 17.5 Å². The second-order valence-corrected chi connectivity index (χ2v) is 8.60. The van der Waals surface area contributed by atoms with Gasteiger partial charge in [-0.15, -0.1) is 0 Å². The van der Waals surface area contributed by atoms with Gasteiger partial charge in [-0.05, 0) is 55.7 Å². The van der Waals surface area contributed by atoms with Crippen LogP contribution >= 0.6 is 0 Å². The van der Waals surface area contributed by atoms with E-state index in [1.807, 2.05) is 37.3 Å². The molecule has 3 aromatic carbocycles. The SMILES string of the molecule is CCOc1ccc(NC(=O)/C(CC(=O)c2c[n+](=O)c3ccccc3n2[O-])=N/OCCCc2ccccc2)cc1. The van der Waals surface area contributed by atoms with Crippen molar-refractivity contribution in [2.75, 3.05) is 18.5 Å². The van der Waals surface area contributed by atoms with Crippen molar-refractivity contribution in [3.8, 4) is 5.75 Å². The van der Waals surface area contributed by atoms with Crippen molar-refractivity contribution in [2.45, 2.75) is 26.2 Å². The van der Waals surface area contributed by atoms with Gasteiger partial charge in [0.25, 0.3) is 17.6 Å². The Morgan fingerprint density at radius 2 is 1.72 bits per heavy atom. The topological polar surface area (TPSA) is 128 Å². The molecule has 10 nitrogen and oxygen atoms in total. The molecule has 1 heterocycles. The second-order valence-electron chi connectivity index (χ2n) is 8.60. The van der Waals surface area contributed by atoms with Gasteiger partial charge in [-0.1, -0.05) is 47.6 Å². The zero-order valence-corrected chi connectivity index (χ0v) is 21.4. The molecule has 1 N–H and O–H groups in total. The highest BCUT2D eigenvalue weighted by atomic mass is 16.6. The lowest BCUT2D eigenvalue weighted by molar-refractivity contribution is -0.464. The standard InChI is InChI=1S/C29H28N4O6/c1-2-38-23-16-14-22(15-17-23)30-29(35)24(31-39-18-8-11-21-9-4-3-5-10-21)19-28(34)27-20-32(36)25-12-6-7-13-26(25)33(27)37/h3-7,9-10,12-17,20H,2,8,11,18-19H2,1H3,(H,30,35)/b31-24+.